The summed E-state index contributed by atoms with van der Waals surface area (Å²) in [6.45, 7) is -4.91. The minimum absolute atomic E-state index is 0.109. The average molecular weight is 683 g/mol. The van der Waals surface area contributed by atoms with Crippen LogP contribution in [0.2, 0.25) is 0 Å². The summed E-state index contributed by atoms with van der Waals surface area (Å²) in [4.78, 5) is 25.2. The molecule has 0 aliphatic rings. The number of nitrogens with one attached hydrogen (secondary N) is 4. The van der Waals surface area contributed by atoms with Gasteiger partial charge in [0.25, 0.3) is 11.8 Å². The van der Waals surface area contributed by atoms with Gasteiger partial charge in [0.1, 0.15) is 54.9 Å². The van der Waals surface area contributed by atoms with E-state index < -0.39 is 130 Å². The lowest BCUT2D eigenvalue weighted by atomic mass is 9.86. The first-order valence-electron chi connectivity index (χ1n) is 14.0. The largest absolute Gasteiger partial charge is 0.394 e. The first-order chi connectivity index (χ1) is 21.4. The number of ether oxygens (including phenoxy) is 1. The maximum absolute atomic E-state index is 12.6. The smallest absolute Gasteiger partial charge is 0.251 e. The topological polar surface area (TPSA) is 395 Å². The van der Waals surface area contributed by atoms with Gasteiger partial charge in [-0.3, -0.25) is 14.9 Å². The molecule has 0 rings (SSSR count). The summed E-state index contributed by atoms with van der Waals surface area (Å²) in [5.41, 5.74) is -1.39. The third-order valence-electron chi connectivity index (χ3n) is 6.95. The average Bonchev–Trinajstić information content (AvgIpc) is 3.07. The summed E-state index contributed by atoms with van der Waals surface area (Å²) in [6.07, 6.45) is -25.2. The van der Waals surface area contributed by atoms with Gasteiger partial charge in [0.15, 0.2) is 18.5 Å². The van der Waals surface area contributed by atoms with Crippen LogP contribution in [-0.2, 0) is 14.3 Å². The summed E-state index contributed by atoms with van der Waals surface area (Å²) < 4.78 is 4.96. The first-order valence-corrected chi connectivity index (χ1v) is 14.0. The molecular formula is C24H50N4O18. The van der Waals surface area contributed by atoms with Crippen molar-refractivity contribution in [3.8, 4) is 0 Å². The van der Waals surface area contributed by atoms with Crippen molar-refractivity contribution in [3.63, 3.8) is 0 Å². The Kier molecular flexibility index (Phi) is 21.1. The van der Waals surface area contributed by atoms with Gasteiger partial charge in [0, 0.05) is 31.6 Å². The predicted octanol–water partition coefficient (Wildman–Crippen LogP) is -11.7. The monoisotopic (exact) mass is 682 g/mol. The molecule has 19 N–H and O–H groups in total. The lowest BCUT2D eigenvalue weighted by Gasteiger charge is -2.36. The molecule has 12 atom stereocenters. The second-order valence-electron chi connectivity index (χ2n) is 10.7. The predicted molar refractivity (Wildman–Crippen MR) is 150 cm³/mol. The fourth-order valence-corrected chi connectivity index (χ4v) is 3.93. The van der Waals surface area contributed by atoms with Crippen molar-refractivity contribution < 1.29 is 90.9 Å². The highest BCUT2D eigenvalue weighted by atomic mass is 16.6. The van der Waals surface area contributed by atoms with Gasteiger partial charge in [-0.2, -0.15) is 0 Å². The number of amides is 2. The lowest BCUT2D eigenvalue weighted by molar-refractivity contribution is -0.207. The van der Waals surface area contributed by atoms with Crippen molar-refractivity contribution in [3.05, 3.63) is 0 Å². The molecule has 0 aliphatic carbocycles. The molecule has 0 aromatic carbocycles. The zero-order chi connectivity index (χ0) is 35.8. The van der Waals surface area contributed by atoms with Gasteiger partial charge in [0.2, 0.25) is 0 Å². The van der Waals surface area contributed by atoms with Crippen molar-refractivity contribution in [2.24, 2.45) is 5.41 Å². The third-order valence-corrected chi connectivity index (χ3v) is 6.95. The summed E-state index contributed by atoms with van der Waals surface area (Å²) in [6, 6.07) is 0. The number of rotatable bonds is 25. The molecule has 12 unspecified atom stereocenters. The van der Waals surface area contributed by atoms with E-state index >= 15 is 0 Å². The van der Waals surface area contributed by atoms with E-state index in [1.54, 1.807) is 0 Å². The van der Waals surface area contributed by atoms with E-state index in [0.29, 0.717) is 0 Å². The molecule has 274 valence electrons. The van der Waals surface area contributed by atoms with E-state index in [4.69, 9.17) is 20.1 Å². The minimum Gasteiger partial charge on any atom is -0.394 e. The standard InChI is InChI=1S/C24H50N4O18/c1-25-5-24(6-26-9-46-23(45)20(42)15(37)12(34)4-31,7-27-21(43)18(40)16(38)13(35)10(32)2-29)8-28-22(44)19(41)17(39)14(36)11(33)3-30/h10-20,23,25-26,29-42,45H,2-9H2,1H3,(H,27,43)(H,28,44). The minimum atomic E-state index is -2.33. The number of hydrogen-bond acceptors (Lipinski definition) is 20. The maximum atomic E-state index is 12.6. The van der Waals surface area contributed by atoms with Crippen LogP contribution in [0.25, 0.3) is 0 Å². The van der Waals surface area contributed by atoms with E-state index in [1.165, 1.54) is 7.05 Å². The van der Waals surface area contributed by atoms with Gasteiger partial charge in [0.05, 0.1) is 26.6 Å². The third kappa shape index (κ3) is 13.8. The van der Waals surface area contributed by atoms with E-state index in [9.17, 15) is 70.9 Å². The Labute approximate surface area is 263 Å². The molecule has 0 aromatic rings. The van der Waals surface area contributed by atoms with Crippen LogP contribution in [0.1, 0.15) is 0 Å². The number of carbonyl (C=O) groups excluding carboxylic acids is 2. The fraction of sp³-hybridized carbons (Fsp3) is 0.917. The summed E-state index contributed by atoms with van der Waals surface area (Å²) in [7, 11) is 1.44. The van der Waals surface area contributed by atoms with Gasteiger partial charge in [-0.15, -0.1) is 0 Å². The second-order valence-corrected chi connectivity index (χ2v) is 10.7. The van der Waals surface area contributed by atoms with Crippen LogP contribution in [0.15, 0.2) is 0 Å². The molecule has 22 nitrogen and oxygen atoms in total. The molecule has 0 saturated heterocycles. The number of aliphatic hydroxyl groups excluding tert-OH is 15. The summed E-state index contributed by atoms with van der Waals surface area (Å²) >= 11 is 0. The van der Waals surface area contributed by atoms with Crippen molar-refractivity contribution in [1.82, 2.24) is 21.3 Å². The second kappa shape index (κ2) is 22.0. The van der Waals surface area contributed by atoms with Gasteiger partial charge in [-0.1, -0.05) is 0 Å². The number of aliphatic hydroxyl groups is 15. The van der Waals surface area contributed by atoms with Gasteiger partial charge < -0.3 is 97.3 Å². The first kappa shape index (κ1) is 44.2. The van der Waals surface area contributed by atoms with Gasteiger partial charge >= 0.3 is 0 Å². The van der Waals surface area contributed by atoms with Crippen LogP contribution in [0.3, 0.4) is 0 Å². The van der Waals surface area contributed by atoms with Crippen molar-refractivity contribution >= 4 is 11.8 Å². The molecule has 0 radical (unpaired) electrons. The maximum Gasteiger partial charge on any atom is 0.251 e. The molecular weight excluding hydrogens is 632 g/mol. The van der Waals surface area contributed by atoms with Gasteiger partial charge in [-0.05, 0) is 7.05 Å². The normalized spacial score (nSPS) is 21.3. The Morgan fingerprint density at radius 2 is 0.935 bits per heavy atom. The molecule has 0 spiro atoms. The molecule has 0 aromatic heterocycles. The Morgan fingerprint density at radius 3 is 1.28 bits per heavy atom. The van der Waals surface area contributed by atoms with Crippen LogP contribution < -0.4 is 21.3 Å². The van der Waals surface area contributed by atoms with E-state index in [-0.39, 0.29) is 13.1 Å². The zero-order valence-corrected chi connectivity index (χ0v) is 25.0. The molecule has 0 bridgehead atoms. The Bertz CT molecular complexity index is 820. The lowest BCUT2D eigenvalue weighted by Crippen LogP contribution is -2.59. The fourth-order valence-electron chi connectivity index (χ4n) is 3.93. The summed E-state index contributed by atoms with van der Waals surface area (Å²) in [5.74, 6) is -2.57. The number of hydrogen-bond donors (Lipinski definition) is 19. The number of carbonyl (C=O) groups is 2. The molecule has 2 amide bonds. The van der Waals surface area contributed by atoms with Gasteiger partial charge in [-0.25, -0.2) is 0 Å². The molecule has 0 aliphatic heterocycles. The molecule has 0 heterocycles. The summed E-state index contributed by atoms with van der Waals surface area (Å²) in [5, 5.41) is 155. The van der Waals surface area contributed by atoms with E-state index in [1.807, 2.05) is 0 Å². The zero-order valence-electron chi connectivity index (χ0n) is 25.0. The Balaban J connectivity index is 5.81. The van der Waals surface area contributed by atoms with Crippen LogP contribution >= 0.6 is 0 Å². The van der Waals surface area contributed by atoms with Crippen molar-refractivity contribution in [2.45, 2.75) is 73.4 Å². The quantitative estimate of drug-likeness (QED) is 0.0314. The Hall–Kier alpha value is -1.78. The van der Waals surface area contributed by atoms with Crippen LogP contribution in [-0.4, -0.2) is 222 Å². The molecule has 22 heteroatoms. The molecule has 46 heavy (non-hydrogen) atoms. The molecule has 0 saturated carbocycles. The van der Waals surface area contributed by atoms with Crippen molar-refractivity contribution in [1.29, 1.82) is 0 Å². The van der Waals surface area contributed by atoms with E-state index in [2.05, 4.69) is 21.3 Å². The van der Waals surface area contributed by atoms with Crippen LogP contribution in [0.4, 0.5) is 0 Å². The SMILES string of the molecule is CNCC(CNCOC(O)C(O)C(O)C(O)CO)(CNC(=O)C(O)C(O)C(O)C(O)CO)CNC(=O)C(O)C(O)C(O)C(O)CO. The highest BCUT2D eigenvalue weighted by Crippen LogP contribution is 2.16. The van der Waals surface area contributed by atoms with E-state index in [0.717, 1.165) is 0 Å². The molecule has 0 fully saturated rings. The highest BCUT2D eigenvalue weighted by Gasteiger charge is 2.39. The van der Waals surface area contributed by atoms with Crippen molar-refractivity contribution in [2.75, 3.05) is 59.8 Å². The highest BCUT2D eigenvalue weighted by molar-refractivity contribution is 5.82. The van der Waals surface area contributed by atoms with Crippen LogP contribution in [0.5, 0.6) is 0 Å². The van der Waals surface area contributed by atoms with Crippen LogP contribution in [0, 0.1) is 5.41 Å². The Morgan fingerprint density at radius 1 is 0.565 bits per heavy atom.